The Balaban J connectivity index is 1.79. The first-order valence-corrected chi connectivity index (χ1v) is 8.42. The van der Waals surface area contributed by atoms with Crippen LogP contribution in [0.15, 0.2) is 53.3 Å². The Labute approximate surface area is 147 Å². The predicted octanol–water partition coefficient (Wildman–Crippen LogP) is 3.96. The molecule has 0 aliphatic heterocycles. The smallest absolute Gasteiger partial charge is 0.251 e. The molecule has 0 atom stereocenters. The first kappa shape index (κ1) is 17.0. The molecule has 3 rings (SSSR count). The summed E-state index contributed by atoms with van der Waals surface area (Å²) in [5.41, 5.74) is 4.76. The lowest BCUT2D eigenvalue weighted by Crippen LogP contribution is -2.23. The second-order valence-corrected chi connectivity index (χ2v) is 6.45. The van der Waals surface area contributed by atoms with Crippen molar-refractivity contribution in [3.8, 4) is 0 Å². The highest BCUT2D eigenvalue weighted by atomic mass is 16.1. The summed E-state index contributed by atoms with van der Waals surface area (Å²) in [5, 5.41) is 3.97. The number of benzene rings is 2. The van der Waals surface area contributed by atoms with Crippen LogP contribution in [0.3, 0.4) is 0 Å². The largest absolute Gasteiger partial charge is 0.326 e. The summed E-state index contributed by atoms with van der Waals surface area (Å²) in [7, 11) is 0. The molecule has 1 amide bonds. The summed E-state index contributed by atoms with van der Waals surface area (Å²) in [6.45, 7) is 6.28. The normalized spacial score (nSPS) is 10.8. The van der Waals surface area contributed by atoms with Gasteiger partial charge in [-0.1, -0.05) is 35.9 Å². The van der Waals surface area contributed by atoms with Crippen molar-refractivity contribution >= 4 is 22.5 Å². The Kier molecular flexibility index (Phi) is 4.70. The average Bonchev–Trinajstić information content (AvgIpc) is 2.57. The monoisotopic (exact) mass is 334 g/mol. The molecule has 0 radical (unpaired) electrons. The molecule has 4 heteroatoms. The van der Waals surface area contributed by atoms with E-state index in [0.717, 1.165) is 33.3 Å². The van der Waals surface area contributed by atoms with Gasteiger partial charge in [0.05, 0.1) is 5.52 Å². The third kappa shape index (κ3) is 3.63. The fraction of sp³-hybridized carbons (Fsp3) is 0.238. The minimum absolute atomic E-state index is 0.0736. The lowest BCUT2D eigenvalue weighted by molar-refractivity contribution is -0.116. The predicted molar refractivity (Wildman–Crippen MR) is 102 cm³/mol. The van der Waals surface area contributed by atoms with Gasteiger partial charge in [-0.15, -0.1) is 0 Å². The lowest BCUT2D eigenvalue weighted by atomic mass is 10.1. The maximum atomic E-state index is 12.3. The Morgan fingerprint density at radius 2 is 1.76 bits per heavy atom. The number of hydrogen-bond donors (Lipinski definition) is 1. The molecule has 0 fully saturated rings. The number of amides is 1. The van der Waals surface area contributed by atoms with Gasteiger partial charge in [0.2, 0.25) is 5.91 Å². The minimum Gasteiger partial charge on any atom is -0.326 e. The highest BCUT2D eigenvalue weighted by molar-refractivity contribution is 5.91. The second kappa shape index (κ2) is 6.93. The van der Waals surface area contributed by atoms with Gasteiger partial charge in [0, 0.05) is 30.1 Å². The summed E-state index contributed by atoms with van der Waals surface area (Å²) in [6, 6.07) is 15.3. The summed E-state index contributed by atoms with van der Waals surface area (Å²) in [5.74, 6) is -0.0940. The van der Waals surface area contributed by atoms with Crippen molar-refractivity contribution in [2.75, 3.05) is 5.32 Å². The number of pyridine rings is 1. The van der Waals surface area contributed by atoms with Crippen LogP contribution >= 0.6 is 0 Å². The maximum absolute atomic E-state index is 12.3. The highest BCUT2D eigenvalue weighted by Crippen LogP contribution is 2.18. The molecular weight excluding hydrogens is 312 g/mol. The van der Waals surface area contributed by atoms with Crippen molar-refractivity contribution < 1.29 is 4.79 Å². The molecule has 2 aromatic carbocycles. The Bertz CT molecular complexity index is 1000. The topological polar surface area (TPSA) is 51.1 Å². The molecule has 0 aliphatic rings. The van der Waals surface area contributed by atoms with Crippen LogP contribution in [-0.2, 0) is 11.3 Å². The fourth-order valence-electron chi connectivity index (χ4n) is 3.11. The molecule has 0 spiro atoms. The van der Waals surface area contributed by atoms with Crippen LogP contribution in [-0.4, -0.2) is 10.5 Å². The number of aromatic nitrogens is 1. The first-order valence-electron chi connectivity index (χ1n) is 8.42. The van der Waals surface area contributed by atoms with Crippen LogP contribution in [0, 0.1) is 20.8 Å². The van der Waals surface area contributed by atoms with E-state index in [1.54, 1.807) is 10.6 Å². The van der Waals surface area contributed by atoms with E-state index in [9.17, 15) is 9.59 Å². The molecule has 0 bridgehead atoms. The molecule has 128 valence electrons. The number of para-hydroxylation sites is 1. The van der Waals surface area contributed by atoms with Crippen molar-refractivity contribution in [2.24, 2.45) is 0 Å². The molecule has 1 N–H and O–H groups in total. The van der Waals surface area contributed by atoms with Gasteiger partial charge < -0.3 is 9.88 Å². The summed E-state index contributed by atoms with van der Waals surface area (Å²) < 4.78 is 1.67. The van der Waals surface area contributed by atoms with E-state index in [4.69, 9.17) is 0 Å². The molecule has 3 aromatic rings. The number of carbonyl (C=O) groups excluding carboxylic acids is 1. The molecule has 1 heterocycles. The first-order chi connectivity index (χ1) is 12.0. The van der Waals surface area contributed by atoms with Crippen molar-refractivity contribution in [2.45, 2.75) is 33.7 Å². The standard InChI is InChI=1S/C21H22N2O2/c1-14-8-9-18(16(3)12-14)22-20(24)10-11-23-19-7-5-4-6-17(19)15(2)13-21(23)25/h4-9,12-13H,10-11H2,1-3H3,(H,22,24). The zero-order chi connectivity index (χ0) is 18.0. The van der Waals surface area contributed by atoms with E-state index < -0.39 is 0 Å². The van der Waals surface area contributed by atoms with Crippen molar-refractivity contribution in [3.63, 3.8) is 0 Å². The van der Waals surface area contributed by atoms with Crippen LogP contribution in [0.25, 0.3) is 10.9 Å². The highest BCUT2D eigenvalue weighted by Gasteiger charge is 2.09. The molecule has 0 aliphatic carbocycles. The van der Waals surface area contributed by atoms with Crippen LogP contribution in [0.4, 0.5) is 5.69 Å². The molecule has 1 aromatic heterocycles. The van der Waals surface area contributed by atoms with Gasteiger partial charge >= 0.3 is 0 Å². The molecule has 0 saturated heterocycles. The number of nitrogens with zero attached hydrogens (tertiary/aromatic N) is 1. The second-order valence-electron chi connectivity index (χ2n) is 6.45. The van der Waals surface area contributed by atoms with Gasteiger partial charge in [0.15, 0.2) is 0 Å². The Hall–Kier alpha value is -2.88. The zero-order valence-electron chi connectivity index (χ0n) is 14.8. The van der Waals surface area contributed by atoms with Crippen LogP contribution in [0.2, 0.25) is 0 Å². The number of hydrogen-bond acceptors (Lipinski definition) is 2. The zero-order valence-corrected chi connectivity index (χ0v) is 14.8. The van der Waals surface area contributed by atoms with E-state index >= 15 is 0 Å². The van der Waals surface area contributed by atoms with Crippen molar-refractivity contribution in [1.29, 1.82) is 0 Å². The van der Waals surface area contributed by atoms with Crippen LogP contribution in [0.1, 0.15) is 23.1 Å². The molecule has 0 unspecified atom stereocenters. The van der Waals surface area contributed by atoms with Gasteiger partial charge in [-0.25, -0.2) is 0 Å². The Morgan fingerprint density at radius 1 is 1.00 bits per heavy atom. The van der Waals surface area contributed by atoms with E-state index in [-0.39, 0.29) is 17.9 Å². The van der Waals surface area contributed by atoms with Crippen molar-refractivity contribution in [3.05, 3.63) is 75.6 Å². The van der Waals surface area contributed by atoms with E-state index in [2.05, 4.69) is 5.32 Å². The van der Waals surface area contributed by atoms with Crippen molar-refractivity contribution in [1.82, 2.24) is 4.57 Å². The summed E-state index contributed by atoms with van der Waals surface area (Å²) in [6.07, 6.45) is 0.250. The van der Waals surface area contributed by atoms with Gasteiger partial charge in [-0.3, -0.25) is 9.59 Å². The molecule has 4 nitrogen and oxygen atoms in total. The quantitative estimate of drug-likeness (QED) is 0.785. The maximum Gasteiger partial charge on any atom is 0.251 e. The Morgan fingerprint density at radius 3 is 2.52 bits per heavy atom. The van der Waals surface area contributed by atoms with E-state index in [0.29, 0.717) is 6.54 Å². The number of aryl methyl sites for hydroxylation is 4. The summed E-state index contributed by atoms with van der Waals surface area (Å²) in [4.78, 5) is 24.7. The third-order valence-electron chi connectivity index (χ3n) is 4.44. The molecule has 25 heavy (non-hydrogen) atoms. The summed E-state index contributed by atoms with van der Waals surface area (Å²) >= 11 is 0. The van der Waals surface area contributed by atoms with Gasteiger partial charge in [0.1, 0.15) is 0 Å². The minimum atomic E-state index is -0.0940. The van der Waals surface area contributed by atoms with E-state index in [1.807, 2.05) is 63.2 Å². The number of fused-ring (bicyclic) bond motifs is 1. The van der Waals surface area contributed by atoms with Gasteiger partial charge in [-0.2, -0.15) is 0 Å². The number of anilines is 1. The van der Waals surface area contributed by atoms with E-state index in [1.165, 1.54) is 0 Å². The number of nitrogens with one attached hydrogen (secondary N) is 1. The van der Waals surface area contributed by atoms with Crippen LogP contribution < -0.4 is 10.9 Å². The third-order valence-corrected chi connectivity index (χ3v) is 4.44. The van der Waals surface area contributed by atoms with Crippen LogP contribution in [0.5, 0.6) is 0 Å². The average molecular weight is 334 g/mol. The fourth-order valence-corrected chi connectivity index (χ4v) is 3.11. The molecule has 0 saturated carbocycles. The SMILES string of the molecule is Cc1ccc(NC(=O)CCn2c(=O)cc(C)c3ccccc32)c(C)c1. The van der Waals surface area contributed by atoms with Gasteiger partial charge in [0.25, 0.3) is 5.56 Å². The number of rotatable bonds is 4. The molecular formula is C21H22N2O2. The lowest BCUT2D eigenvalue weighted by Gasteiger charge is -2.13. The number of carbonyl (C=O) groups is 1. The van der Waals surface area contributed by atoms with Gasteiger partial charge in [-0.05, 0) is 44.0 Å².